The van der Waals surface area contributed by atoms with Crippen LogP contribution >= 0.6 is 0 Å². The molecule has 0 atom stereocenters. The molecule has 0 unspecified atom stereocenters. The highest BCUT2D eigenvalue weighted by Gasteiger charge is 2.25. The quantitative estimate of drug-likeness (QED) is 0.759. The molecule has 0 bridgehead atoms. The van der Waals surface area contributed by atoms with E-state index in [9.17, 15) is 12.8 Å². The van der Waals surface area contributed by atoms with Gasteiger partial charge in [-0.15, -0.1) is 0 Å². The highest BCUT2D eigenvalue weighted by molar-refractivity contribution is 7.89. The van der Waals surface area contributed by atoms with E-state index in [1.54, 1.807) is 0 Å². The number of aryl methyl sites for hydroxylation is 2. The predicted molar refractivity (Wildman–Crippen MR) is 104 cm³/mol. The maximum atomic E-state index is 13.5. The van der Waals surface area contributed by atoms with E-state index in [1.807, 2.05) is 13.8 Å². The second-order valence-electron chi connectivity index (χ2n) is 7.31. The summed E-state index contributed by atoms with van der Waals surface area (Å²) in [7, 11) is -2.46. The van der Waals surface area contributed by atoms with Crippen LogP contribution in [0.4, 0.5) is 4.39 Å². The van der Waals surface area contributed by atoms with Gasteiger partial charge in [0.25, 0.3) is 0 Å². The zero-order chi connectivity index (χ0) is 20.3. The van der Waals surface area contributed by atoms with Gasteiger partial charge in [0.05, 0.1) is 7.11 Å². The van der Waals surface area contributed by atoms with E-state index in [4.69, 9.17) is 9.15 Å². The van der Waals surface area contributed by atoms with Crippen LogP contribution in [0.5, 0.6) is 5.75 Å². The fraction of sp³-hybridized carbons (Fsp3) is 0.500. The second kappa shape index (κ2) is 8.63. The molecular weight excluding hydrogens is 383 g/mol. The average molecular weight is 411 g/mol. The molecule has 0 amide bonds. The molecule has 1 aromatic heterocycles. The first-order chi connectivity index (χ1) is 13.3. The molecule has 2 aromatic rings. The van der Waals surface area contributed by atoms with Gasteiger partial charge in [0, 0.05) is 18.7 Å². The molecule has 3 rings (SSSR count). The van der Waals surface area contributed by atoms with Crippen molar-refractivity contribution in [1.29, 1.82) is 0 Å². The first-order valence-electron chi connectivity index (χ1n) is 9.40. The number of halogens is 1. The molecule has 1 fully saturated rings. The van der Waals surface area contributed by atoms with E-state index in [0.717, 1.165) is 50.1 Å². The number of nitrogens with one attached hydrogen (secondary N) is 1. The van der Waals surface area contributed by atoms with Crippen molar-refractivity contribution in [1.82, 2.24) is 9.62 Å². The predicted octanol–water partition coefficient (Wildman–Crippen LogP) is 3.23. The zero-order valence-electron chi connectivity index (χ0n) is 16.5. The van der Waals surface area contributed by atoms with Crippen LogP contribution in [0.15, 0.2) is 33.6 Å². The number of methoxy groups -OCH3 is 1. The second-order valence-corrected chi connectivity index (χ2v) is 9.04. The van der Waals surface area contributed by atoms with Gasteiger partial charge in [-0.05, 0) is 70.0 Å². The summed E-state index contributed by atoms with van der Waals surface area (Å²) in [5.74, 6) is 1.65. The fourth-order valence-electron chi connectivity index (χ4n) is 3.60. The average Bonchev–Trinajstić information content (AvgIpc) is 2.98. The van der Waals surface area contributed by atoms with Gasteiger partial charge in [0.1, 0.15) is 28.0 Å². The van der Waals surface area contributed by atoms with Crippen molar-refractivity contribution in [2.75, 3.05) is 26.7 Å². The van der Waals surface area contributed by atoms with Crippen molar-refractivity contribution in [3.63, 3.8) is 0 Å². The van der Waals surface area contributed by atoms with E-state index in [-0.39, 0.29) is 16.6 Å². The third-order valence-corrected chi connectivity index (χ3v) is 6.67. The smallest absolute Gasteiger partial charge is 0.244 e. The van der Waals surface area contributed by atoms with Gasteiger partial charge in [-0.3, -0.25) is 4.90 Å². The molecule has 2 heterocycles. The van der Waals surface area contributed by atoms with Gasteiger partial charge >= 0.3 is 0 Å². The molecule has 6 nitrogen and oxygen atoms in total. The lowest BCUT2D eigenvalue weighted by atomic mass is 9.97. The summed E-state index contributed by atoms with van der Waals surface area (Å²) in [4.78, 5) is 2.19. The summed E-state index contributed by atoms with van der Waals surface area (Å²) in [6, 6.07) is 5.56. The molecule has 154 valence electrons. The van der Waals surface area contributed by atoms with Crippen LogP contribution in [0.1, 0.15) is 29.9 Å². The molecule has 0 saturated carbocycles. The molecule has 1 saturated heterocycles. The molecule has 8 heteroatoms. The SMILES string of the molecule is COc1ccc(F)cc1S(=O)(=O)NCC1CCN(Cc2cc(C)oc2C)CC1. The van der Waals surface area contributed by atoms with E-state index in [0.29, 0.717) is 6.54 Å². The van der Waals surface area contributed by atoms with E-state index < -0.39 is 15.8 Å². The lowest BCUT2D eigenvalue weighted by molar-refractivity contribution is 0.178. The molecule has 0 aliphatic carbocycles. The lowest BCUT2D eigenvalue weighted by Crippen LogP contribution is -2.38. The number of rotatable bonds is 7. The summed E-state index contributed by atoms with van der Waals surface area (Å²) in [5, 5.41) is 0. The summed E-state index contributed by atoms with van der Waals surface area (Å²) in [5.41, 5.74) is 1.20. The van der Waals surface area contributed by atoms with E-state index in [2.05, 4.69) is 15.7 Å². The minimum absolute atomic E-state index is 0.134. The molecule has 1 aromatic carbocycles. The number of hydrogen-bond donors (Lipinski definition) is 1. The van der Waals surface area contributed by atoms with Gasteiger partial charge in [-0.25, -0.2) is 17.5 Å². The van der Waals surface area contributed by atoms with Gasteiger partial charge in [-0.1, -0.05) is 0 Å². The molecular formula is C20H27FN2O4S. The Morgan fingerprint density at radius 2 is 1.96 bits per heavy atom. The van der Waals surface area contributed by atoms with Gasteiger partial charge < -0.3 is 9.15 Å². The number of furan rings is 1. The summed E-state index contributed by atoms with van der Waals surface area (Å²) in [6.45, 7) is 6.91. The lowest BCUT2D eigenvalue weighted by Gasteiger charge is -2.31. The monoisotopic (exact) mass is 410 g/mol. The summed E-state index contributed by atoms with van der Waals surface area (Å²) >= 11 is 0. The highest BCUT2D eigenvalue weighted by Crippen LogP contribution is 2.25. The van der Waals surface area contributed by atoms with E-state index >= 15 is 0 Å². The molecule has 1 N–H and O–H groups in total. The minimum Gasteiger partial charge on any atom is -0.495 e. The van der Waals surface area contributed by atoms with Crippen LogP contribution in [-0.2, 0) is 16.6 Å². The fourth-order valence-corrected chi connectivity index (χ4v) is 4.89. The van der Waals surface area contributed by atoms with Crippen molar-refractivity contribution in [2.24, 2.45) is 5.92 Å². The highest BCUT2D eigenvalue weighted by atomic mass is 32.2. The Morgan fingerprint density at radius 3 is 2.57 bits per heavy atom. The molecule has 1 aliphatic rings. The Labute approximate surface area is 165 Å². The molecule has 1 aliphatic heterocycles. The Bertz CT molecular complexity index is 918. The van der Waals surface area contributed by atoms with Crippen LogP contribution in [0, 0.1) is 25.6 Å². The van der Waals surface area contributed by atoms with Gasteiger partial charge in [-0.2, -0.15) is 0 Å². The van der Waals surface area contributed by atoms with Crippen molar-refractivity contribution < 1.29 is 22.0 Å². The van der Waals surface area contributed by atoms with Crippen LogP contribution in [-0.4, -0.2) is 40.1 Å². The number of benzene rings is 1. The van der Waals surface area contributed by atoms with Crippen LogP contribution in [0.25, 0.3) is 0 Å². The molecule has 0 spiro atoms. The normalized spacial score (nSPS) is 16.4. The number of ether oxygens (including phenoxy) is 1. The number of piperidine rings is 1. The van der Waals surface area contributed by atoms with Crippen LogP contribution in [0.2, 0.25) is 0 Å². The maximum Gasteiger partial charge on any atom is 0.244 e. The number of sulfonamides is 1. The van der Waals surface area contributed by atoms with Crippen molar-refractivity contribution in [2.45, 2.75) is 38.1 Å². The minimum atomic E-state index is -3.83. The van der Waals surface area contributed by atoms with Crippen molar-refractivity contribution in [3.8, 4) is 5.75 Å². The van der Waals surface area contributed by atoms with Crippen molar-refractivity contribution >= 4 is 10.0 Å². The first-order valence-corrected chi connectivity index (χ1v) is 10.9. The van der Waals surface area contributed by atoms with Crippen molar-refractivity contribution in [3.05, 3.63) is 47.2 Å². The maximum absolute atomic E-state index is 13.5. The number of hydrogen-bond acceptors (Lipinski definition) is 5. The largest absolute Gasteiger partial charge is 0.495 e. The number of nitrogens with zero attached hydrogens (tertiary/aromatic N) is 1. The molecule has 28 heavy (non-hydrogen) atoms. The zero-order valence-corrected chi connectivity index (χ0v) is 17.3. The van der Waals surface area contributed by atoms with E-state index in [1.165, 1.54) is 24.8 Å². The standard InChI is InChI=1S/C20H27FN2O4S/c1-14-10-17(15(2)27-14)13-23-8-6-16(7-9-23)12-22-28(24,25)20-11-18(21)4-5-19(20)26-3/h4-5,10-11,16,22H,6-9,12-13H2,1-3H3. The summed E-state index contributed by atoms with van der Waals surface area (Å²) < 4.78 is 51.9. The Balaban J connectivity index is 1.54. The van der Waals surface area contributed by atoms with Crippen LogP contribution in [0.3, 0.4) is 0 Å². The third kappa shape index (κ3) is 4.92. The number of likely N-dealkylation sites (tertiary alicyclic amines) is 1. The Kier molecular flexibility index (Phi) is 6.42. The Morgan fingerprint density at radius 1 is 1.25 bits per heavy atom. The third-order valence-electron chi connectivity index (χ3n) is 5.22. The molecule has 0 radical (unpaired) electrons. The topological polar surface area (TPSA) is 71.8 Å². The van der Waals surface area contributed by atoms with Gasteiger partial charge in [0.15, 0.2) is 0 Å². The first kappa shape index (κ1) is 20.8. The Hall–Kier alpha value is -1.90. The summed E-state index contributed by atoms with van der Waals surface area (Å²) in [6.07, 6.45) is 1.80. The van der Waals surface area contributed by atoms with Crippen LogP contribution < -0.4 is 9.46 Å². The van der Waals surface area contributed by atoms with Gasteiger partial charge in [0.2, 0.25) is 10.0 Å².